The fourth-order valence-electron chi connectivity index (χ4n) is 2.80. The summed E-state index contributed by atoms with van der Waals surface area (Å²) in [7, 11) is 0. The molecule has 3 rings (SSSR count). The lowest BCUT2D eigenvalue weighted by atomic mass is 10.2. The van der Waals surface area contributed by atoms with Gasteiger partial charge in [0.1, 0.15) is 6.54 Å². The number of hydrogen-bond donors (Lipinski definition) is 0. The molecule has 1 saturated heterocycles. The number of carbonyl (C=O) groups is 3. The highest BCUT2D eigenvalue weighted by Crippen LogP contribution is 2.31. The van der Waals surface area contributed by atoms with E-state index in [0.29, 0.717) is 11.6 Å². The first-order valence-electron chi connectivity index (χ1n) is 7.80. The van der Waals surface area contributed by atoms with Gasteiger partial charge in [-0.05, 0) is 25.0 Å². The Balaban J connectivity index is 1.73. The van der Waals surface area contributed by atoms with Gasteiger partial charge in [0, 0.05) is 12.2 Å². The standard InChI is InChI=1S/C17H18N2O4S/c1-2-23-17(22)9-16-19(15(21)11-24-16)10-14(20)18-8-7-12-5-3-4-6-13(12)18/h3-6,9H,2,7-8,10-11H2,1H3. The zero-order valence-electron chi connectivity index (χ0n) is 13.4. The molecule has 0 unspecified atom stereocenters. The number of hydrogen-bond acceptors (Lipinski definition) is 5. The zero-order valence-corrected chi connectivity index (χ0v) is 14.2. The van der Waals surface area contributed by atoms with Crippen molar-refractivity contribution in [1.29, 1.82) is 0 Å². The molecule has 1 fully saturated rings. The second kappa shape index (κ2) is 7.09. The second-order valence-corrected chi connectivity index (χ2v) is 6.42. The van der Waals surface area contributed by atoms with E-state index in [2.05, 4.69) is 0 Å². The summed E-state index contributed by atoms with van der Waals surface area (Å²) >= 11 is 1.25. The van der Waals surface area contributed by atoms with Crippen LogP contribution in [-0.2, 0) is 25.5 Å². The number of para-hydroxylation sites is 1. The molecule has 0 radical (unpaired) electrons. The molecule has 2 aliphatic heterocycles. The van der Waals surface area contributed by atoms with E-state index < -0.39 is 5.97 Å². The van der Waals surface area contributed by atoms with E-state index in [0.717, 1.165) is 17.7 Å². The minimum absolute atomic E-state index is 0.0641. The van der Waals surface area contributed by atoms with Crippen LogP contribution < -0.4 is 4.90 Å². The molecule has 2 aliphatic rings. The molecule has 0 bridgehead atoms. The molecule has 0 atom stereocenters. The van der Waals surface area contributed by atoms with Gasteiger partial charge in [0.2, 0.25) is 11.8 Å². The Bertz CT molecular complexity index is 716. The van der Waals surface area contributed by atoms with Gasteiger partial charge in [-0.2, -0.15) is 0 Å². The Hall–Kier alpha value is -2.28. The minimum atomic E-state index is -0.501. The van der Waals surface area contributed by atoms with Gasteiger partial charge in [-0.15, -0.1) is 0 Å². The van der Waals surface area contributed by atoms with Crippen LogP contribution in [-0.4, -0.2) is 48.1 Å². The molecule has 2 heterocycles. The van der Waals surface area contributed by atoms with E-state index in [4.69, 9.17) is 4.74 Å². The number of ether oxygens (including phenoxy) is 1. The highest BCUT2D eigenvalue weighted by molar-refractivity contribution is 8.04. The van der Waals surface area contributed by atoms with Crippen molar-refractivity contribution in [2.24, 2.45) is 0 Å². The largest absolute Gasteiger partial charge is 0.463 e. The third-order valence-corrected chi connectivity index (χ3v) is 4.95. The van der Waals surface area contributed by atoms with E-state index in [-0.39, 0.29) is 30.7 Å². The van der Waals surface area contributed by atoms with Crippen LogP contribution in [0.15, 0.2) is 35.4 Å². The van der Waals surface area contributed by atoms with Gasteiger partial charge in [0.05, 0.1) is 23.5 Å². The Morgan fingerprint density at radius 3 is 2.92 bits per heavy atom. The number of fused-ring (bicyclic) bond motifs is 1. The minimum Gasteiger partial charge on any atom is -0.463 e. The monoisotopic (exact) mass is 346 g/mol. The molecule has 0 spiro atoms. The molecular weight excluding hydrogens is 328 g/mol. The van der Waals surface area contributed by atoms with E-state index in [1.165, 1.54) is 22.7 Å². The third kappa shape index (κ3) is 3.31. The lowest BCUT2D eigenvalue weighted by Crippen LogP contribution is -2.40. The summed E-state index contributed by atoms with van der Waals surface area (Å²) in [4.78, 5) is 39.4. The average molecular weight is 346 g/mol. The van der Waals surface area contributed by atoms with E-state index in [1.807, 2.05) is 24.3 Å². The lowest BCUT2D eigenvalue weighted by Gasteiger charge is -2.22. The summed E-state index contributed by atoms with van der Waals surface area (Å²) in [6.07, 6.45) is 2.10. The number of carbonyl (C=O) groups excluding carboxylic acids is 3. The summed E-state index contributed by atoms with van der Waals surface area (Å²) in [5.74, 6) is -0.588. The normalized spacial score (nSPS) is 18.2. The highest BCUT2D eigenvalue weighted by atomic mass is 32.2. The van der Waals surface area contributed by atoms with Crippen molar-refractivity contribution in [3.05, 3.63) is 40.9 Å². The van der Waals surface area contributed by atoms with Crippen molar-refractivity contribution in [2.45, 2.75) is 13.3 Å². The first-order chi connectivity index (χ1) is 11.6. The van der Waals surface area contributed by atoms with E-state index >= 15 is 0 Å². The molecular formula is C17H18N2O4S. The summed E-state index contributed by atoms with van der Waals surface area (Å²) in [5, 5.41) is 0.472. The van der Waals surface area contributed by atoms with Crippen LogP contribution in [0.2, 0.25) is 0 Å². The number of benzene rings is 1. The maximum atomic E-state index is 12.6. The van der Waals surface area contributed by atoms with Crippen LogP contribution in [0.5, 0.6) is 0 Å². The predicted octanol–water partition coefficient (Wildman–Crippen LogP) is 1.56. The van der Waals surface area contributed by atoms with Gasteiger partial charge < -0.3 is 9.64 Å². The molecule has 0 saturated carbocycles. The molecule has 0 aromatic heterocycles. The van der Waals surface area contributed by atoms with Crippen LogP contribution in [0.3, 0.4) is 0 Å². The maximum absolute atomic E-state index is 12.6. The predicted molar refractivity (Wildman–Crippen MR) is 91.4 cm³/mol. The van der Waals surface area contributed by atoms with Gasteiger partial charge in [-0.1, -0.05) is 30.0 Å². The number of rotatable bonds is 4. The van der Waals surface area contributed by atoms with Crippen molar-refractivity contribution in [2.75, 3.05) is 30.3 Å². The number of thioether (sulfide) groups is 1. The van der Waals surface area contributed by atoms with Crippen LogP contribution >= 0.6 is 11.8 Å². The second-order valence-electron chi connectivity index (χ2n) is 5.43. The highest BCUT2D eigenvalue weighted by Gasteiger charge is 2.32. The van der Waals surface area contributed by atoms with Crippen molar-refractivity contribution in [3.63, 3.8) is 0 Å². The third-order valence-electron chi connectivity index (χ3n) is 3.92. The molecule has 24 heavy (non-hydrogen) atoms. The molecule has 6 nitrogen and oxygen atoms in total. The van der Waals surface area contributed by atoms with Crippen LogP contribution in [0.25, 0.3) is 0 Å². The lowest BCUT2D eigenvalue weighted by molar-refractivity contribution is -0.137. The summed E-state index contributed by atoms with van der Waals surface area (Å²) in [5.41, 5.74) is 2.04. The summed E-state index contributed by atoms with van der Waals surface area (Å²) in [6, 6.07) is 7.77. The molecule has 7 heteroatoms. The fraction of sp³-hybridized carbons (Fsp3) is 0.353. The van der Waals surface area contributed by atoms with Gasteiger partial charge >= 0.3 is 5.97 Å². The Morgan fingerprint density at radius 2 is 2.12 bits per heavy atom. The molecule has 126 valence electrons. The van der Waals surface area contributed by atoms with Gasteiger partial charge in [-0.3, -0.25) is 14.5 Å². The zero-order chi connectivity index (χ0) is 17.1. The number of amides is 2. The molecule has 0 N–H and O–H groups in total. The topological polar surface area (TPSA) is 66.9 Å². The maximum Gasteiger partial charge on any atom is 0.333 e. The SMILES string of the molecule is CCOC(=O)C=C1SCC(=O)N1CC(=O)N1CCc2ccccc21. The molecule has 0 aliphatic carbocycles. The smallest absolute Gasteiger partial charge is 0.333 e. The fourth-order valence-corrected chi connectivity index (χ4v) is 3.73. The molecule has 1 aromatic rings. The quantitative estimate of drug-likeness (QED) is 0.611. The van der Waals surface area contributed by atoms with E-state index in [9.17, 15) is 14.4 Å². The Kier molecular flexibility index (Phi) is 4.89. The number of esters is 1. The summed E-state index contributed by atoms with van der Waals surface area (Å²) in [6.45, 7) is 2.54. The Labute approximate surface area is 144 Å². The van der Waals surface area contributed by atoms with Crippen LogP contribution in [0.1, 0.15) is 12.5 Å². The number of nitrogens with zero attached hydrogens (tertiary/aromatic N) is 2. The summed E-state index contributed by atoms with van der Waals surface area (Å²) < 4.78 is 4.88. The molecule has 1 aromatic carbocycles. The Morgan fingerprint density at radius 1 is 1.33 bits per heavy atom. The van der Waals surface area contributed by atoms with Crippen molar-refractivity contribution < 1.29 is 19.1 Å². The van der Waals surface area contributed by atoms with Gasteiger partial charge in [-0.25, -0.2) is 4.79 Å². The first-order valence-corrected chi connectivity index (χ1v) is 8.78. The molecule has 2 amide bonds. The van der Waals surface area contributed by atoms with Crippen molar-refractivity contribution in [3.8, 4) is 0 Å². The van der Waals surface area contributed by atoms with Crippen molar-refractivity contribution in [1.82, 2.24) is 4.90 Å². The average Bonchev–Trinajstić information content (AvgIpc) is 3.13. The van der Waals surface area contributed by atoms with Crippen LogP contribution in [0, 0.1) is 0 Å². The van der Waals surface area contributed by atoms with Crippen molar-refractivity contribution >= 4 is 35.2 Å². The van der Waals surface area contributed by atoms with Gasteiger partial charge in [0.15, 0.2) is 0 Å². The van der Waals surface area contributed by atoms with Crippen LogP contribution in [0.4, 0.5) is 5.69 Å². The first kappa shape index (κ1) is 16.6. The van der Waals surface area contributed by atoms with Gasteiger partial charge in [0.25, 0.3) is 0 Å². The number of anilines is 1. The van der Waals surface area contributed by atoms with E-state index in [1.54, 1.807) is 11.8 Å².